The second-order valence-corrected chi connectivity index (χ2v) is 4.59. The zero-order valence-corrected chi connectivity index (χ0v) is 11.6. The lowest BCUT2D eigenvalue weighted by molar-refractivity contribution is 0.330. The van der Waals surface area contributed by atoms with Gasteiger partial charge >= 0.3 is 0 Å². The van der Waals surface area contributed by atoms with E-state index in [1.54, 1.807) is 4.68 Å². The molecule has 3 rings (SSSR count). The summed E-state index contributed by atoms with van der Waals surface area (Å²) in [4.78, 5) is 8.28. The van der Waals surface area contributed by atoms with Crippen LogP contribution in [0.1, 0.15) is 12.5 Å². The minimum Gasteiger partial charge on any atom is -0.476 e. The number of hydrogen-bond acceptors (Lipinski definition) is 5. The average Bonchev–Trinajstić information content (AvgIpc) is 2.86. The molecule has 6 nitrogen and oxygen atoms in total. The first kappa shape index (κ1) is 12.8. The minimum atomic E-state index is 0.458. The van der Waals surface area contributed by atoms with Gasteiger partial charge in [0, 0.05) is 5.02 Å². The molecule has 7 heteroatoms. The fraction of sp³-hybridized carbons (Fsp3) is 0.231. The predicted molar refractivity (Wildman–Crippen MR) is 74.8 cm³/mol. The van der Waals surface area contributed by atoms with Gasteiger partial charge in [0.25, 0.3) is 0 Å². The van der Waals surface area contributed by atoms with Crippen molar-refractivity contribution in [3.63, 3.8) is 0 Å². The van der Waals surface area contributed by atoms with E-state index in [1.807, 2.05) is 31.2 Å². The van der Waals surface area contributed by atoms with Gasteiger partial charge in [0.1, 0.15) is 6.33 Å². The first-order valence-corrected chi connectivity index (χ1v) is 6.57. The highest BCUT2D eigenvalue weighted by atomic mass is 35.5. The molecule has 2 aromatic heterocycles. The highest BCUT2D eigenvalue weighted by molar-refractivity contribution is 6.30. The van der Waals surface area contributed by atoms with Crippen molar-refractivity contribution in [3.8, 4) is 5.88 Å². The lowest BCUT2D eigenvalue weighted by atomic mass is 10.2. The molecule has 0 saturated heterocycles. The van der Waals surface area contributed by atoms with E-state index in [2.05, 4.69) is 20.3 Å². The van der Waals surface area contributed by atoms with Crippen LogP contribution in [0.5, 0.6) is 5.88 Å². The first-order valence-electron chi connectivity index (χ1n) is 6.19. The summed E-state index contributed by atoms with van der Waals surface area (Å²) in [6, 6.07) is 7.58. The van der Waals surface area contributed by atoms with Crippen LogP contribution in [-0.2, 0) is 6.54 Å². The Morgan fingerprint density at radius 1 is 1.20 bits per heavy atom. The molecule has 0 saturated carbocycles. The second kappa shape index (κ2) is 5.42. The van der Waals surface area contributed by atoms with Crippen LogP contribution >= 0.6 is 11.6 Å². The van der Waals surface area contributed by atoms with E-state index in [4.69, 9.17) is 16.3 Å². The number of hydrogen-bond donors (Lipinski definition) is 0. The number of rotatable bonds is 4. The summed E-state index contributed by atoms with van der Waals surface area (Å²) in [5, 5.41) is 8.90. The molecular weight excluding hydrogens is 278 g/mol. The lowest BCUT2D eigenvalue weighted by Crippen LogP contribution is -2.03. The summed E-state index contributed by atoms with van der Waals surface area (Å²) in [7, 11) is 0. The van der Waals surface area contributed by atoms with Crippen LogP contribution in [0.4, 0.5) is 0 Å². The Morgan fingerprint density at radius 3 is 2.75 bits per heavy atom. The molecule has 0 unspecified atom stereocenters. The van der Waals surface area contributed by atoms with Crippen LogP contribution in [0, 0.1) is 0 Å². The molecule has 0 amide bonds. The standard InChI is InChI=1S/C13H12ClN5O/c1-2-20-13-11-12(15-8-16-13)19(18-17-11)7-9-3-5-10(14)6-4-9/h3-6,8H,2,7H2,1H3. The summed E-state index contributed by atoms with van der Waals surface area (Å²) < 4.78 is 7.13. The number of nitrogens with zero attached hydrogens (tertiary/aromatic N) is 5. The minimum absolute atomic E-state index is 0.458. The van der Waals surface area contributed by atoms with Crippen molar-refractivity contribution in [3.05, 3.63) is 41.2 Å². The molecule has 2 heterocycles. The van der Waals surface area contributed by atoms with E-state index in [1.165, 1.54) is 6.33 Å². The maximum atomic E-state index is 5.87. The van der Waals surface area contributed by atoms with E-state index in [9.17, 15) is 0 Å². The third-order valence-corrected chi connectivity index (χ3v) is 3.05. The van der Waals surface area contributed by atoms with Gasteiger partial charge in [-0.1, -0.05) is 28.9 Å². The van der Waals surface area contributed by atoms with E-state index >= 15 is 0 Å². The summed E-state index contributed by atoms with van der Waals surface area (Å²) in [6.45, 7) is 2.98. The first-order chi connectivity index (χ1) is 9.78. The number of fused-ring (bicyclic) bond motifs is 1. The van der Waals surface area contributed by atoms with Crippen molar-refractivity contribution < 1.29 is 4.74 Å². The van der Waals surface area contributed by atoms with E-state index < -0.39 is 0 Å². The number of ether oxygens (including phenoxy) is 1. The van der Waals surface area contributed by atoms with Gasteiger partial charge in [0.15, 0.2) is 11.2 Å². The zero-order chi connectivity index (χ0) is 13.9. The van der Waals surface area contributed by atoms with Crippen molar-refractivity contribution in [1.82, 2.24) is 25.0 Å². The molecule has 0 aliphatic rings. The van der Waals surface area contributed by atoms with Gasteiger partial charge in [0.2, 0.25) is 5.88 Å². The molecule has 0 aliphatic heterocycles. The molecule has 0 aliphatic carbocycles. The molecule has 0 radical (unpaired) electrons. The van der Waals surface area contributed by atoms with Crippen LogP contribution in [-0.4, -0.2) is 31.6 Å². The van der Waals surface area contributed by atoms with E-state index in [0.717, 1.165) is 5.56 Å². The highest BCUT2D eigenvalue weighted by Crippen LogP contribution is 2.19. The van der Waals surface area contributed by atoms with Gasteiger partial charge in [-0.3, -0.25) is 0 Å². The third kappa shape index (κ3) is 2.42. The van der Waals surface area contributed by atoms with Crippen molar-refractivity contribution in [2.24, 2.45) is 0 Å². The Hall–Kier alpha value is -2.21. The third-order valence-electron chi connectivity index (χ3n) is 2.79. The maximum absolute atomic E-state index is 5.87. The Bertz CT molecular complexity index is 725. The topological polar surface area (TPSA) is 65.7 Å². The fourth-order valence-electron chi connectivity index (χ4n) is 1.88. The lowest BCUT2D eigenvalue weighted by Gasteiger charge is -2.03. The second-order valence-electron chi connectivity index (χ2n) is 4.16. The van der Waals surface area contributed by atoms with Crippen LogP contribution < -0.4 is 4.74 Å². The summed E-state index contributed by atoms with van der Waals surface area (Å²) in [5.41, 5.74) is 2.29. The van der Waals surface area contributed by atoms with E-state index in [-0.39, 0.29) is 0 Å². The maximum Gasteiger partial charge on any atom is 0.247 e. The van der Waals surface area contributed by atoms with Crippen LogP contribution in [0.25, 0.3) is 11.2 Å². The molecule has 0 fully saturated rings. The van der Waals surface area contributed by atoms with Gasteiger partial charge in [-0.2, -0.15) is 4.98 Å². The van der Waals surface area contributed by atoms with Gasteiger partial charge in [0.05, 0.1) is 13.2 Å². The Labute approximate surface area is 120 Å². The Balaban J connectivity index is 1.96. The molecule has 1 aromatic carbocycles. The molecule has 102 valence electrons. The SMILES string of the molecule is CCOc1ncnc2c1nnn2Cc1ccc(Cl)cc1. The van der Waals surface area contributed by atoms with Crippen LogP contribution in [0.15, 0.2) is 30.6 Å². The van der Waals surface area contributed by atoms with Gasteiger partial charge in [-0.15, -0.1) is 5.10 Å². The smallest absolute Gasteiger partial charge is 0.247 e. The molecule has 0 N–H and O–H groups in total. The Kier molecular flexibility index (Phi) is 3.47. The van der Waals surface area contributed by atoms with Crippen molar-refractivity contribution in [2.45, 2.75) is 13.5 Å². The molecule has 0 atom stereocenters. The van der Waals surface area contributed by atoms with Gasteiger partial charge < -0.3 is 4.74 Å². The highest BCUT2D eigenvalue weighted by Gasteiger charge is 2.12. The monoisotopic (exact) mass is 289 g/mol. The largest absolute Gasteiger partial charge is 0.476 e. The van der Waals surface area contributed by atoms with Crippen molar-refractivity contribution in [1.29, 1.82) is 0 Å². The normalized spacial score (nSPS) is 10.9. The summed E-state index contributed by atoms with van der Waals surface area (Å²) in [5.74, 6) is 0.458. The molecule has 3 aromatic rings. The average molecular weight is 290 g/mol. The molecule has 20 heavy (non-hydrogen) atoms. The molecule has 0 spiro atoms. The molecule has 0 bridgehead atoms. The van der Waals surface area contributed by atoms with Gasteiger partial charge in [-0.25, -0.2) is 9.67 Å². The van der Waals surface area contributed by atoms with Crippen molar-refractivity contribution in [2.75, 3.05) is 6.61 Å². The predicted octanol–water partition coefficient (Wildman–Crippen LogP) is 2.32. The zero-order valence-electron chi connectivity index (χ0n) is 10.8. The number of halogens is 1. The molecular formula is C13H12ClN5O. The quantitative estimate of drug-likeness (QED) is 0.737. The Morgan fingerprint density at radius 2 is 2.00 bits per heavy atom. The van der Waals surface area contributed by atoms with E-state index in [0.29, 0.717) is 35.2 Å². The number of aromatic nitrogens is 5. The van der Waals surface area contributed by atoms with Gasteiger partial charge in [-0.05, 0) is 24.6 Å². The van der Waals surface area contributed by atoms with Crippen LogP contribution in [0.3, 0.4) is 0 Å². The fourth-order valence-corrected chi connectivity index (χ4v) is 2.01. The number of benzene rings is 1. The van der Waals surface area contributed by atoms with Crippen molar-refractivity contribution >= 4 is 22.8 Å². The van der Waals surface area contributed by atoms with Crippen LogP contribution in [0.2, 0.25) is 5.02 Å². The summed E-state index contributed by atoms with van der Waals surface area (Å²) in [6.07, 6.45) is 1.45. The summed E-state index contributed by atoms with van der Waals surface area (Å²) >= 11 is 5.87.